The van der Waals surface area contributed by atoms with Crippen LogP contribution in [0.25, 0.3) is 0 Å². The molecular weight excluding hydrogens is 497 g/mol. The van der Waals surface area contributed by atoms with Crippen LogP contribution in [0.2, 0.25) is 0 Å². The number of carboxylic acid groups (broad SMARTS) is 1. The van der Waals surface area contributed by atoms with Crippen molar-refractivity contribution in [2.45, 2.75) is 47.2 Å². The Morgan fingerprint density at radius 3 is 2.49 bits per heavy atom. The van der Waals surface area contributed by atoms with Gasteiger partial charge in [-0.1, -0.05) is 0 Å². The summed E-state index contributed by atoms with van der Waals surface area (Å²) in [6, 6.07) is 2.68. The van der Waals surface area contributed by atoms with Gasteiger partial charge in [-0.15, -0.1) is 0 Å². The van der Waals surface area contributed by atoms with Crippen molar-refractivity contribution in [2.75, 3.05) is 24.6 Å². The Bertz CT molecular complexity index is 1240. The molecule has 0 aromatic heterocycles. The van der Waals surface area contributed by atoms with E-state index >= 15 is 0 Å². The number of nitrogens with one attached hydrogen (secondary N) is 1. The fourth-order valence-corrected chi connectivity index (χ4v) is 6.04. The Morgan fingerprint density at radius 1 is 1.29 bits per heavy atom. The molecule has 2 heterocycles. The molecule has 11 nitrogen and oxygen atoms in total. The SMILES string of the molecule is N#CC1(NC(=O)[C@@H]2C[C@@H](S(=O)(=O)c3ccc(N4CCOC4=O)cc3C(F)(F)F)CN2C(=O)O)CC1. The molecule has 2 N–H and O–H groups in total. The number of ether oxygens (including phenoxy) is 1. The zero-order valence-corrected chi connectivity index (χ0v) is 18.7. The molecule has 2 saturated heterocycles. The number of hydrogen-bond donors (Lipinski definition) is 2. The predicted octanol–water partition coefficient (Wildman–Crippen LogP) is 1.73. The van der Waals surface area contributed by atoms with E-state index in [-0.39, 0.29) is 18.8 Å². The standard InChI is InChI=1S/C20H19F3N4O7S/c21-20(22,23)13-7-11(26-5-6-34-18(26)31)1-2-15(13)35(32,33)12-8-14(27(9-12)17(29)30)16(28)25-19(10-24)3-4-19/h1-2,7,12,14H,3-6,8-9H2,(H,25,28)(H,29,30)/t12-,14+/m1/s1. The molecule has 1 aromatic rings. The highest BCUT2D eigenvalue weighted by Crippen LogP contribution is 2.40. The summed E-state index contributed by atoms with van der Waals surface area (Å²) in [5.41, 5.74) is -2.87. The minimum atomic E-state index is -5.12. The average molecular weight is 516 g/mol. The fraction of sp³-hybridized carbons (Fsp3) is 0.500. The van der Waals surface area contributed by atoms with Gasteiger partial charge in [-0.2, -0.15) is 18.4 Å². The van der Waals surface area contributed by atoms with Gasteiger partial charge in [-0.25, -0.2) is 18.0 Å². The van der Waals surface area contributed by atoms with Gasteiger partial charge < -0.3 is 15.2 Å². The molecule has 0 radical (unpaired) electrons. The number of carbonyl (C=O) groups excluding carboxylic acids is 2. The quantitative estimate of drug-likeness (QED) is 0.599. The van der Waals surface area contributed by atoms with Gasteiger partial charge in [0.25, 0.3) is 0 Å². The fourth-order valence-electron chi connectivity index (χ4n) is 4.15. The van der Waals surface area contributed by atoms with Crippen molar-refractivity contribution >= 4 is 33.6 Å². The van der Waals surface area contributed by atoms with Crippen molar-refractivity contribution in [3.8, 4) is 6.07 Å². The lowest BCUT2D eigenvalue weighted by molar-refractivity contribution is -0.139. The van der Waals surface area contributed by atoms with Crippen molar-refractivity contribution < 1.29 is 45.8 Å². The molecule has 1 aliphatic carbocycles. The maximum absolute atomic E-state index is 13.9. The zero-order valence-electron chi connectivity index (χ0n) is 17.9. The minimum Gasteiger partial charge on any atom is -0.465 e. The third-order valence-electron chi connectivity index (χ3n) is 6.22. The summed E-state index contributed by atoms with van der Waals surface area (Å²) in [6.07, 6.45) is -7.50. The van der Waals surface area contributed by atoms with Crippen molar-refractivity contribution in [1.82, 2.24) is 10.2 Å². The normalized spacial score (nSPS) is 23.5. The number of amides is 3. The molecule has 35 heavy (non-hydrogen) atoms. The van der Waals surface area contributed by atoms with Crippen LogP contribution in [0.15, 0.2) is 23.1 Å². The van der Waals surface area contributed by atoms with Gasteiger partial charge in [-0.05, 0) is 37.5 Å². The van der Waals surface area contributed by atoms with Crippen LogP contribution in [0.1, 0.15) is 24.8 Å². The number of likely N-dealkylation sites (tertiary alicyclic amines) is 1. The molecule has 3 fully saturated rings. The van der Waals surface area contributed by atoms with Gasteiger partial charge in [-0.3, -0.25) is 14.6 Å². The third-order valence-corrected chi connectivity index (χ3v) is 8.41. The van der Waals surface area contributed by atoms with E-state index in [1.165, 1.54) is 0 Å². The Balaban J connectivity index is 1.67. The van der Waals surface area contributed by atoms with Crippen LogP contribution in [-0.4, -0.2) is 73.0 Å². The minimum absolute atomic E-state index is 0.0145. The van der Waals surface area contributed by atoms with Gasteiger partial charge in [0.15, 0.2) is 9.84 Å². The Kier molecular flexibility index (Phi) is 5.82. The van der Waals surface area contributed by atoms with Gasteiger partial charge >= 0.3 is 18.4 Å². The lowest BCUT2D eigenvalue weighted by Crippen LogP contribution is -2.49. The highest BCUT2D eigenvalue weighted by Gasteiger charge is 2.51. The lowest BCUT2D eigenvalue weighted by Gasteiger charge is -2.21. The summed E-state index contributed by atoms with van der Waals surface area (Å²) in [4.78, 5) is 36.4. The largest absolute Gasteiger partial charge is 0.465 e. The van der Waals surface area contributed by atoms with E-state index < -0.39 is 74.4 Å². The molecule has 188 valence electrons. The van der Waals surface area contributed by atoms with Crippen LogP contribution in [0, 0.1) is 11.3 Å². The summed E-state index contributed by atoms with van der Waals surface area (Å²) in [7, 11) is -4.78. The molecule has 3 amide bonds. The van der Waals surface area contributed by atoms with Crippen LogP contribution in [0.5, 0.6) is 0 Å². The number of carbonyl (C=O) groups is 3. The summed E-state index contributed by atoms with van der Waals surface area (Å²) in [6.45, 7) is -0.782. The second kappa shape index (κ2) is 8.29. The van der Waals surface area contributed by atoms with Crippen molar-refractivity contribution in [3.63, 3.8) is 0 Å². The molecule has 0 bridgehead atoms. The number of hydrogen-bond acceptors (Lipinski definition) is 7. The number of nitrogens with zero attached hydrogens (tertiary/aromatic N) is 3. The molecule has 0 unspecified atom stereocenters. The summed E-state index contributed by atoms with van der Waals surface area (Å²) >= 11 is 0. The van der Waals surface area contributed by atoms with E-state index in [0.29, 0.717) is 29.9 Å². The van der Waals surface area contributed by atoms with Crippen LogP contribution in [0.3, 0.4) is 0 Å². The third kappa shape index (κ3) is 4.45. The predicted molar refractivity (Wildman–Crippen MR) is 110 cm³/mol. The van der Waals surface area contributed by atoms with Crippen LogP contribution >= 0.6 is 0 Å². The lowest BCUT2D eigenvalue weighted by atomic mass is 10.1. The van der Waals surface area contributed by atoms with Crippen molar-refractivity contribution in [1.29, 1.82) is 5.26 Å². The number of alkyl halides is 3. The highest BCUT2D eigenvalue weighted by molar-refractivity contribution is 7.92. The van der Waals surface area contributed by atoms with E-state index in [0.717, 1.165) is 11.0 Å². The Labute approximate surface area is 196 Å². The van der Waals surface area contributed by atoms with Gasteiger partial charge in [0.05, 0.1) is 28.3 Å². The van der Waals surface area contributed by atoms with Gasteiger partial charge in [0.2, 0.25) is 5.91 Å². The second-order valence-electron chi connectivity index (χ2n) is 8.48. The first-order valence-electron chi connectivity index (χ1n) is 10.4. The summed E-state index contributed by atoms with van der Waals surface area (Å²) < 4.78 is 72.9. The number of halogens is 3. The highest BCUT2D eigenvalue weighted by atomic mass is 32.2. The van der Waals surface area contributed by atoms with E-state index in [2.05, 4.69) is 5.32 Å². The molecule has 4 rings (SSSR count). The molecular formula is C20H19F3N4O7S. The van der Waals surface area contributed by atoms with E-state index in [9.17, 15) is 41.1 Å². The van der Waals surface area contributed by atoms with E-state index in [1.807, 2.05) is 6.07 Å². The summed E-state index contributed by atoms with van der Waals surface area (Å²) in [5, 5.41) is 19.4. The number of rotatable bonds is 5. The maximum Gasteiger partial charge on any atom is 0.417 e. The van der Waals surface area contributed by atoms with E-state index in [1.54, 1.807) is 0 Å². The molecule has 15 heteroatoms. The maximum atomic E-state index is 13.9. The average Bonchev–Trinajstić information content (AvgIpc) is 3.19. The number of benzene rings is 1. The number of sulfone groups is 1. The van der Waals surface area contributed by atoms with Crippen LogP contribution < -0.4 is 10.2 Å². The first-order valence-corrected chi connectivity index (χ1v) is 12.0. The monoisotopic (exact) mass is 516 g/mol. The first kappa shape index (κ1) is 24.6. The molecule has 0 spiro atoms. The second-order valence-corrected chi connectivity index (χ2v) is 10.7. The number of cyclic esters (lactones) is 1. The smallest absolute Gasteiger partial charge is 0.417 e. The molecule has 3 aliphatic rings. The molecule has 1 aromatic carbocycles. The summed E-state index contributed by atoms with van der Waals surface area (Å²) in [5.74, 6) is -0.886. The number of anilines is 1. The topological polar surface area (TPSA) is 157 Å². The van der Waals surface area contributed by atoms with Crippen molar-refractivity contribution in [2.24, 2.45) is 0 Å². The molecule has 2 atom stereocenters. The number of nitriles is 1. The van der Waals surface area contributed by atoms with Crippen molar-refractivity contribution in [3.05, 3.63) is 23.8 Å². The van der Waals surface area contributed by atoms with Crippen LogP contribution in [0.4, 0.5) is 28.4 Å². The van der Waals surface area contributed by atoms with E-state index in [4.69, 9.17) is 10.00 Å². The zero-order chi connectivity index (χ0) is 25.8. The molecule has 1 saturated carbocycles. The Hall–Kier alpha value is -3.54. The first-order chi connectivity index (χ1) is 16.3. The van der Waals surface area contributed by atoms with Gasteiger partial charge in [0.1, 0.15) is 18.2 Å². The molecule has 2 aliphatic heterocycles. The van der Waals surface area contributed by atoms with Crippen LogP contribution in [-0.2, 0) is 25.5 Å². The Morgan fingerprint density at radius 2 is 1.97 bits per heavy atom. The van der Waals surface area contributed by atoms with Gasteiger partial charge in [0, 0.05) is 12.2 Å².